The molecule has 4 rings (SSSR count). The number of ether oxygens (including phenoxy) is 1. The summed E-state index contributed by atoms with van der Waals surface area (Å²) in [5.74, 6) is 0.734. The predicted molar refractivity (Wildman–Crippen MR) is 121 cm³/mol. The Morgan fingerprint density at radius 3 is 2.17 bits per heavy atom. The lowest BCUT2D eigenvalue weighted by Gasteiger charge is -2.21. The van der Waals surface area contributed by atoms with Crippen LogP contribution >= 0.6 is 0 Å². The van der Waals surface area contributed by atoms with Crippen molar-refractivity contribution in [3.8, 4) is 5.75 Å². The Hall–Kier alpha value is -2.79. The largest absolute Gasteiger partial charge is 0.484 e. The zero-order chi connectivity index (χ0) is 21.5. The second-order valence-corrected chi connectivity index (χ2v) is 10.7. The Kier molecular flexibility index (Phi) is 5.10. The molecule has 1 aliphatic rings. The molecule has 0 spiro atoms. The van der Waals surface area contributed by atoms with E-state index < -0.39 is 10.0 Å². The van der Waals surface area contributed by atoms with Gasteiger partial charge in [0.1, 0.15) is 11.9 Å². The van der Waals surface area contributed by atoms with E-state index in [2.05, 4.69) is 32.9 Å². The third-order valence-electron chi connectivity index (χ3n) is 5.49. The first-order chi connectivity index (χ1) is 14.2. The third-order valence-corrected chi connectivity index (χ3v) is 7.29. The van der Waals surface area contributed by atoms with Crippen LogP contribution in [0.4, 0.5) is 5.69 Å². The summed E-state index contributed by atoms with van der Waals surface area (Å²) in [6, 6.07) is 22.6. The molecule has 30 heavy (non-hydrogen) atoms. The number of hydrogen-bond acceptors (Lipinski definition) is 3. The fourth-order valence-corrected chi connectivity index (χ4v) is 5.19. The van der Waals surface area contributed by atoms with Gasteiger partial charge in [-0.2, -0.15) is 0 Å². The minimum absolute atomic E-state index is 0.0669. The molecule has 0 aromatic heterocycles. The maximum Gasteiger partial charge on any atom is 0.264 e. The van der Waals surface area contributed by atoms with Gasteiger partial charge in [-0.25, -0.2) is 8.42 Å². The molecule has 0 saturated carbocycles. The van der Waals surface area contributed by atoms with Gasteiger partial charge < -0.3 is 4.74 Å². The molecule has 3 aromatic rings. The van der Waals surface area contributed by atoms with Crippen LogP contribution in [0.5, 0.6) is 5.75 Å². The number of hydrogen-bond donors (Lipinski definition) is 0. The Balaban J connectivity index is 1.64. The molecule has 0 amide bonds. The highest BCUT2D eigenvalue weighted by Crippen LogP contribution is 2.40. The molecule has 0 aliphatic carbocycles. The molecule has 1 unspecified atom stereocenters. The number of fused-ring (bicyclic) bond motifs is 1. The molecule has 0 bridgehead atoms. The quantitative estimate of drug-likeness (QED) is 0.549. The van der Waals surface area contributed by atoms with Gasteiger partial charge in [0.2, 0.25) is 0 Å². The van der Waals surface area contributed by atoms with Crippen LogP contribution in [-0.4, -0.2) is 15.0 Å². The van der Waals surface area contributed by atoms with E-state index in [9.17, 15) is 8.42 Å². The van der Waals surface area contributed by atoms with Crippen molar-refractivity contribution in [1.29, 1.82) is 0 Å². The lowest BCUT2D eigenvalue weighted by atomic mass is 9.87. The maximum absolute atomic E-state index is 13.3. The van der Waals surface area contributed by atoms with Crippen LogP contribution in [0.25, 0.3) is 0 Å². The van der Waals surface area contributed by atoms with Crippen LogP contribution in [0.2, 0.25) is 0 Å². The lowest BCUT2D eigenvalue weighted by molar-refractivity contribution is 0.224. The zero-order valence-electron chi connectivity index (χ0n) is 17.8. The van der Waals surface area contributed by atoms with E-state index in [1.54, 1.807) is 12.1 Å². The van der Waals surface area contributed by atoms with E-state index >= 15 is 0 Å². The fraction of sp³-hybridized carbons (Fsp3) is 0.280. The number of nitrogens with zero attached hydrogens (tertiary/aromatic N) is 1. The van der Waals surface area contributed by atoms with Gasteiger partial charge in [-0.15, -0.1) is 0 Å². The molecule has 5 heteroatoms. The molecule has 0 fully saturated rings. The van der Waals surface area contributed by atoms with E-state index in [-0.39, 0.29) is 23.0 Å². The third kappa shape index (κ3) is 3.82. The normalized spacial score (nSPS) is 16.4. The number of rotatable bonds is 4. The van der Waals surface area contributed by atoms with Gasteiger partial charge in [-0.1, -0.05) is 68.8 Å². The number of benzene rings is 3. The average Bonchev–Trinajstić information content (AvgIpc) is 3.07. The maximum atomic E-state index is 13.3. The molecular formula is C25H27NO3S. The topological polar surface area (TPSA) is 46.6 Å². The first kappa shape index (κ1) is 20.5. The summed E-state index contributed by atoms with van der Waals surface area (Å²) in [4.78, 5) is 0.290. The second kappa shape index (κ2) is 7.47. The van der Waals surface area contributed by atoms with Gasteiger partial charge in [0, 0.05) is 5.56 Å². The minimum atomic E-state index is -3.67. The first-order valence-electron chi connectivity index (χ1n) is 10.1. The van der Waals surface area contributed by atoms with E-state index in [0.717, 1.165) is 16.9 Å². The van der Waals surface area contributed by atoms with Crippen LogP contribution in [-0.2, 0) is 15.4 Å². The molecule has 1 atom stereocenters. The number of para-hydroxylation sites is 1. The highest BCUT2D eigenvalue weighted by molar-refractivity contribution is 7.92. The van der Waals surface area contributed by atoms with E-state index in [1.807, 2.05) is 55.5 Å². The van der Waals surface area contributed by atoms with Crippen molar-refractivity contribution in [2.45, 2.75) is 44.1 Å². The Labute approximate surface area is 179 Å². The Bertz CT molecular complexity index is 1140. The van der Waals surface area contributed by atoms with E-state index in [0.29, 0.717) is 5.69 Å². The van der Waals surface area contributed by atoms with Crippen LogP contribution in [0, 0.1) is 6.92 Å². The van der Waals surface area contributed by atoms with Crippen molar-refractivity contribution in [3.05, 3.63) is 89.5 Å². The molecule has 0 radical (unpaired) electrons. The van der Waals surface area contributed by atoms with Crippen molar-refractivity contribution in [2.24, 2.45) is 0 Å². The molecule has 156 valence electrons. The number of anilines is 1. The lowest BCUT2D eigenvalue weighted by Crippen LogP contribution is -2.30. The summed E-state index contributed by atoms with van der Waals surface area (Å²) in [5.41, 5.74) is 3.88. The van der Waals surface area contributed by atoms with Crippen LogP contribution in [0.15, 0.2) is 77.7 Å². The van der Waals surface area contributed by atoms with Crippen molar-refractivity contribution >= 4 is 15.7 Å². The predicted octanol–water partition coefficient (Wildman–Crippen LogP) is 5.62. The average molecular weight is 422 g/mol. The first-order valence-corrected chi connectivity index (χ1v) is 11.6. The van der Waals surface area contributed by atoms with Gasteiger partial charge in [0.25, 0.3) is 10.0 Å². The molecular weight excluding hydrogens is 394 g/mol. The highest BCUT2D eigenvalue weighted by atomic mass is 32.2. The molecule has 0 saturated heterocycles. The summed E-state index contributed by atoms with van der Waals surface area (Å²) in [6.07, 6.45) is -0.359. The minimum Gasteiger partial charge on any atom is -0.484 e. The summed E-state index contributed by atoms with van der Waals surface area (Å²) in [5, 5.41) is 0. The van der Waals surface area contributed by atoms with Crippen LogP contribution in [0.3, 0.4) is 0 Å². The number of sulfonamides is 1. The van der Waals surface area contributed by atoms with Crippen LogP contribution < -0.4 is 9.04 Å². The summed E-state index contributed by atoms with van der Waals surface area (Å²) < 4.78 is 34.4. The van der Waals surface area contributed by atoms with Crippen LogP contribution in [0.1, 0.15) is 43.6 Å². The summed E-state index contributed by atoms with van der Waals surface area (Å²) in [6.45, 7) is 8.70. The zero-order valence-corrected chi connectivity index (χ0v) is 18.6. The Morgan fingerprint density at radius 1 is 0.900 bits per heavy atom. The number of aryl methyl sites for hydroxylation is 1. The van der Waals surface area contributed by atoms with Crippen molar-refractivity contribution in [2.75, 3.05) is 10.8 Å². The standard InChI is InChI=1S/C25H27NO3S/c1-18-9-15-21(16-10-18)30(27,28)26-17-24(22-7-5-6-8-23(22)26)29-20-13-11-19(12-14-20)25(2,3)4/h5-16,24H,17H2,1-4H3. The molecule has 1 heterocycles. The van der Waals surface area contributed by atoms with Gasteiger partial charge in [0.15, 0.2) is 0 Å². The van der Waals surface area contributed by atoms with Crippen molar-refractivity contribution in [1.82, 2.24) is 0 Å². The monoisotopic (exact) mass is 421 g/mol. The molecule has 3 aromatic carbocycles. The van der Waals surface area contributed by atoms with E-state index in [1.165, 1.54) is 9.87 Å². The summed E-state index contributed by atoms with van der Waals surface area (Å²) >= 11 is 0. The Morgan fingerprint density at radius 2 is 1.53 bits per heavy atom. The van der Waals surface area contributed by atoms with Gasteiger partial charge in [0.05, 0.1) is 17.1 Å². The highest BCUT2D eigenvalue weighted by Gasteiger charge is 2.37. The molecule has 4 nitrogen and oxygen atoms in total. The fourth-order valence-electron chi connectivity index (χ4n) is 3.70. The van der Waals surface area contributed by atoms with Gasteiger partial charge >= 0.3 is 0 Å². The summed E-state index contributed by atoms with van der Waals surface area (Å²) in [7, 11) is -3.67. The van der Waals surface area contributed by atoms with E-state index in [4.69, 9.17) is 4.74 Å². The SMILES string of the molecule is Cc1ccc(S(=O)(=O)N2CC(Oc3ccc(C(C)(C)C)cc3)c3ccccc32)cc1. The van der Waals surface area contributed by atoms with Gasteiger partial charge in [-0.3, -0.25) is 4.31 Å². The molecule has 0 N–H and O–H groups in total. The van der Waals surface area contributed by atoms with Crippen molar-refractivity contribution in [3.63, 3.8) is 0 Å². The second-order valence-electron chi connectivity index (χ2n) is 8.79. The van der Waals surface area contributed by atoms with Gasteiger partial charge in [-0.05, 0) is 48.2 Å². The smallest absolute Gasteiger partial charge is 0.264 e. The van der Waals surface area contributed by atoms with Crippen molar-refractivity contribution < 1.29 is 13.2 Å². The molecule has 1 aliphatic heterocycles.